The molecular weight excluding hydrogens is 487 g/mol. The molecule has 0 nitrogen and oxygen atoms in total. The Bertz CT molecular complexity index is 911. The first-order chi connectivity index (χ1) is 11.8. The van der Waals surface area contributed by atoms with E-state index in [-0.39, 0.29) is 24.8 Å². The van der Waals surface area contributed by atoms with Crippen molar-refractivity contribution in [2.75, 3.05) is 0 Å². The molecule has 27 heavy (non-hydrogen) atoms. The Morgan fingerprint density at radius 3 is 2.26 bits per heavy atom. The van der Waals surface area contributed by atoms with E-state index in [9.17, 15) is 0 Å². The number of rotatable bonds is 1. The van der Waals surface area contributed by atoms with Crippen molar-refractivity contribution in [3.8, 4) is 0 Å². The quantitative estimate of drug-likeness (QED) is 0.496. The molecule has 6 rings (SSSR count). The van der Waals surface area contributed by atoms with Gasteiger partial charge in [0, 0.05) is 5.54 Å². The minimum atomic E-state index is -0.976. The molecule has 3 heterocycles. The van der Waals surface area contributed by atoms with Gasteiger partial charge in [0.05, 0.1) is 8.07 Å². The van der Waals surface area contributed by atoms with Crippen molar-refractivity contribution in [1.82, 2.24) is 0 Å². The molecule has 2 aromatic rings. The molecule has 0 N–H and O–H groups in total. The van der Waals surface area contributed by atoms with Crippen molar-refractivity contribution in [2.24, 2.45) is 5.92 Å². The average Bonchev–Trinajstić information content (AvgIpc) is 3.24. The Labute approximate surface area is 196 Å². The number of halogens is 2. The fourth-order valence-electron chi connectivity index (χ4n) is 5.02. The van der Waals surface area contributed by atoms with E-state index in [2.05, 4.69) is 75.0 Å². The minimum Gasteiger partial charge on any atom is -1.00 e. The fourth-order valence-corrected chi connectivity index (χ4v) is 12.2. The van der Waals surface area contributed by atoms with Crippen LogP contribution in [0.3, 0.4) is 0 Å². The first kappa shape index (κ1) is 23.4. The molecular formula is C22H25Cl2SSiZr. The summed E-state index contributed by atoms with van der Waals surface area (Å²) in [5, 5.41) is 6.47. The molecule has 0 amide bonds. The van der Waals surface area contributed by atoms with Crippen LogP contribution in [0.25, 0.3) is 11.3 Å². The number of hydrogen-bond acceptors (Lipinski definition) is 1. The van der Waals surface area contributed by atoms with Crippen LogP contribution in [0.1, 0.15) is 52.2 Å². The van der Waals surface area contributed by atoms with Crippen LogP contribution in [-0.4, -0.2) is 8.07 Å². The third kappa shape index (κ3) is 3.57. The van der Waals surface area contributed by atoms with Gasteiger partial charge in [-0.05, 0) is 28.8 Å². The Morgan fingerprint density at radius 2 is 1.70 bits per heavy atom. The molecule has 4 aliphatic rings. The van der Waals surface area contributed by atoms with Gasteiger partial charge in [-0.25, -0.2) is 0 Å². The molecule has 0 radical (unpaired) electrons. The summed E-state index contributed by atoms with van der Waals surface area (Å²) in [5.74, 6) is 0.691. The van der Waals surface area contributed by atoms with Crippen LogP contribution in [-0.2, 0) is 24.7 Å². The number of hydrogen-bond donors (Lipinski definition) is 0. The zero-order valence-corrected chi connectivity index (χ0v) is 22.2. The molecule has 2 aliphatic carbocycles. The smallest absolute Gasteiger partial charge is 0.0931 e. The summed E-state index contributed by atoms with van der Waals surface area (Å²) < 4.78 is 0.711. The number of fused-ring (bicyclic) bond motifs is 1. The summed E-state index contributed by atoms with van der Waals surface area (Å²) in [6, 6.07) is 8.76. The Hall–Kier alpha value is 0.0800. The van der Waals surface area contributed by atoms with Crippen LogP contribution < -0.4 is 24.8 Å². The van der Waals surface area contributed by atoms with Crippen molar-refractivity contribution >= 4 is 30.7 Å². The van der Waals surface area contributed by atoms with E-state index in [1.807, 2.05) is 11.3 Å². The molecule has 0 saturated heterocycles. The van der Waals surface area contributed by atoms with E-state index in [0.29, 0.717) is 9.54 Å². The molecule has 1 aromatic heterocycles. The third-order valence-corrected chi connectivity index (χ3v) is 12.6. The predicted molar refractivity (Wildman–Crippen MR) is 109 cm³/mol. The van der Waals surface area contributed by atoms with Crippen LogP contribution in [0.5, 0.6) is 0 Å². The molecule has 2 unspecified atom stereocenters. The molecule has 1 aromatic carbocycles. The summed E-state index contributed by atoms with van der Waals surface area (Å²) >= 11 is 3.48. The number of allylic oxidation sites excluding steroid dienone is 2. The van der Waals surface area contributed by atoms with Gasteiger partial charge in [0.25, 0.3) is 0 Å². The third-order valence-electron chi connectivity index (χ3n) is 6.09. The Morgan fingerprint density at radius 1 is 1.04 bits per heavy atom. The van der Waals surface area contributed by atoms with Crippen LogP contribution >= 0.6 is 11.3 Å². The van der Waals surface area contributed by atoms with Gasteiger partial charge in [0.2, 0.25) is 0 Å². The second-order valence-corrected chi connectivity index (χ2v) is 15.0. The molecule has 0 spiro atoms. The van der Waals surface area contributed by atoms with Crippen LogP contribution in [0.2, 0.25) is 13.1 Å². The van der Waals surface area contributed by atoms with Gasteiger partial charge < -0.3 is 24.8 Å². The largest absolute Gasteiger partial charge is 1.00 e. The van der Waals surface area contributed by atoms with Crippen molar-refractivity contribution in [3.63, 3.8) is 0 Å². The van der Waals surface area contributed by atoms with E-state index in [1.165, 1.54) is 11.1 Å². The van der Waals surface area contributed by atoms with Crippen LogP contribution in [0.4, 0.5) is 0 Å². The van der Waals surface area contributed by atoms with Gasteiger partial charge in [-0.1, -0.05) is 23.9 Å². The molecule has 141 valence electrons. The zero-order chi connectivity index (χ0) is 17.9. The van der Waals surface area contributed by atoms with Crippen molar-refractivity contribution in [3.05, 3.63) is 68.4 Å². The topological polar surface area (TPSA) is 0 Å². The minimum absolute atomic E-state index is 0. The summed E-state index contributed by atoms with van der Waals surface area (Å²) in [4.78, 5) is 0. The number of thiophene rings is 1. The Kier molecular flexibility index (Phi) is 7.30. The molecule has 2 aliphatic heterocycles. The molecule has 2 atom stereocenters. The Balaban J connectivity index is 0.000000180. The van der Waals surface area contributed by atoms with E-state index < -0.39 is 8.07 Å². The zero-order valence-electron chi connectivity index (χ0n) is 16.4. The van der Waals surface area contributed by atoms with Crippen molar-refractivity contribution < 1.29 is 49.5 Å². The molecule has 5 heteroatoms. The van der Waals surface area contributed by atoms with Gasteiger partial charge in [-0.2, -0.15) is 11.3 Å². The van der Waals surface area contributed by atoms with Gasteiger partial charge >= 0.3 is 95.2 Å². The molecule has 2 bridgehead atoms. The van der Waals surface area contributed by atoms with Gasteiger partial charge in [-0.3, -0.25) is 0 Å². The van der Waals surface area contributed by atoms with Crippen molar-refractivity contribution in [1.29, 1.82) is 0 Å². The molecule has 0 fully saturated rings. The van der Waals surface area contributed by atoms with E-state index in [0.717, 1.165) is 5.54 Å². The average molecular weight is 512 g/mol. The summed E-state index contributed by atoms with van der Waals surface area (Å²) in [5.41, 5.74) is 10.4. The first-order valence-electron chi connectivity index (χ1n) is 9.13. The van der Waals surface area contributed by atoms with Gasteiger partial charge in [-0.15, -0.1) is 0 Å². The van der Waals surface area contributed by atoms with Gasteiger partial charge in [0.15, 0.2) is 0 Å². The first-order valence-corrected chi connectivity index (χ1v) is 14.6. The second kappa shape index (κ2) is 8.44. The van der Waals surface area contributed by atoms with E-state index >= 15 is 0 Å². The summed E-state index contributed by atoms with van der Waals surface area (Å²) in [6.07, 6.45) is 2.37. The standard InChI is InChI=1S/C12H13.C10H12SSi.2ClH.Zr/c1-9(2)12-7-10-5-3-4-6-11(10)8-12;1-6-9-7-4-11-5-8(7)10(6)12(9,2)3;;;/h3-9H,1-2H3;4-5,9H,1-3H3;2*1H;/q;;;;+2/p-2. The van der Waals surface area contributed by atoms with Crippen LogP contribution in [0, 0.1) is 5.92 Å². The summed E-state index contributed by atoms with van der Waals surface area (Å²) in [6.45, 7) is 11.9. The maximum absolute atomic E-state index is 2.50. The second-order valence-electron chi connectivity index (χ2n) is 8.31. The van der Waals surface area contributed by atoms with E-state index in [1.54, 1.807) is 52.2 Å². The van der Waals surface area contributed by atoms with Crippen LogP contribution in [0.15, 0.2) is 46.2 Å². The van der Waals surface area contributed by atoms with Gasteiger partial charge in [0.1, 0.15) is 0 Å². The monoisotopic (exact) mass is 509 g/mol. The summed E-state index contributed by atoms with van der Waals surface area (Å²) in [7, 11) is -0.976. The number of benzene rings is 1. The maximum atomic E-state index is 2.50. The maximum Gasteiger partial charge on any atom is 0.0931 e. The SMILES string of the molecule is CC(C)C1=Cc2ccccc2[CH]1[Zr+2].CC1=C2c3cscc3C1[Si]2(C)C.[Cl-].[Cl-]. The predicted octanol–water partition coefficient (Wildman–Crippen LogP) is 0.755. The van der Waals surface area contributed by atoms with E-state index in [4.69, 9.17) is 0 Å². The fraction of sp³-hybridized carbons (Fsp3) is 0.364. The normalized spacial score (nSPS) is 22.6. The molecule has 0 saturated carbocycles. The van der Waals surface area contributed by atoms with Crippen molar-refractivity contribution in [2.45, 2.75) is 43.0 Å².